The van der Waals surface area contributed by atoms with E-state index in [1.165, 1.54) is 49.6 Å². The van der Waals surface area contributed by atoms with Gasteiger partial charge in [0.1, 0.15) is 5.82 Å². The molecule has 2 N–H and O–H groups in total. The lowest BCUT2D eigenvalue weighted by molar-refractivity contribution is 0.564. The molecule has 3 heteroatoms. The Hall–Kier alpha value is -0.830. The molecule has 3 rings (SSSR count). The second-order valence-electron chi connectivity index (χ2n) is 5.03. The van der Waals surface area contributed by atoms with Gasteiger partial charge in [0.25, 0.3) is 0 Å². The molecule has 1 aromatic heterocycles. The molecule has 3 nitrogen and oxygen atoms in total. The predicted octanol–water partition coefficient (Wildman–Crippen LogP) is 1.75. The van der Waals surface area contributed by atoms with Gasteiger partial charge in [-0.1, -0.05) is 0 Å². The first-order chi connectivity index (χ1) is 7.33. The van der Waals surface area contributed by atoms with E-state index in [2.05, 4.69) is 17.2 Å². The van der Waals surface area contributed by atoms with Gasteiger partial charge >= 0.3 is 0 Å². The molecule has 1 aliphatic carbocycles. The molecule has 0 amide bonds. The Morgan fingerprint density at radius 2 is 2.20 bits per heavy atom. The number of aromatic amines is 1. The molecule has 1 aromatic rings. The topological polar surface area (TPSA) is 40.7 Å². The smallest absolute Gasteiger partial charge is 0.106 e. The number of aromatic nitrogens is 2. The molecule has 1 unspecified atom stereocenters. The van der Waals surface area contributed by atoms with Crippen molar-refractivity contribution in [2.75, 3.05) is 13.1 Å². The van der Waals surface area contributed by atoms with Crippen molar-refractivity contribution in [2.45, 2.75) is 38.5 Å². The molecule has 1 aliphatic heterocycles. The Bertz CT molecular complexity index is 346. The molecule has 1 saturated carbocycles. The fourth-order valence-electron chi connectivity index (χ4n) is 2.55. The maximum Gasteiger partial charge on any atom is 0.106 e. The Balaban J connectivity index is 1.71. The highest BCUT2D eigenvalue weighted by molar-refractivity contribution is 5.22. The van der Waals surface area contributed by atoms with Gasteiger partial charge in [0.05, 0.1) is 5.69 Å². The first-order valence-corrected chi connectivity index (χ1v) is 6.09. The molecule has 82 valence electrons. The van der Waals surface area contributed by atoms with E-state index in [1.807, 2.05) is 0 Å². The van der Waals surface area contributed by atoms with E-state index in [4.69, 9.17) is 4.98 Å². The number of imidazole rings is 1. The van der Waals surface area contributed by atoms with Crippen LogP contribution in [0, 0.1) is 12.8 Å². The van der Waals surface area contributed by atoms with Crippen molar-refractivity contribution in [1.82, 2.24) is 15.3 Å². The van der Waals surface area contributed by atoms with Crippen LogP contribution in [0.2, 0.25) is 0 Å². The van der Waals surface area contributed by atoms with Gasteiger partial charge in [-0.2, -0.15) is 0 Å². The van der Waals surface area contributed by atoms with Crippen molar-refractivity contribution in [3.8, 4) is 0 Å². The standard InChI is InChI=1S/C12H19N3/c1-8-12(10-2-3-10)15-11(14-8)6-9-4-5-13-7-9/h9-10,13H,2-7H2,1H3,(H,14,15). The Morgan fingerprint density at radius 3 is 2.87 bits per heavy atom. The van der Waals surface area contributed by atoms with Gasteiger partial charge in [0.2, 0.25) is 0 Å². The minimum absolute atomic E-state index is 0.775. The van der Waals surface area contributed by atoms with Gasteiger partial charge in [-0.25, -0.2) is 4.98 Å². The average molecular weight is 205 g/mol. The van der Waals surface area contributed by atoms with Crippen LogP contribution in [0.4, 0.5) is 0 Å². The van der Waals surface area contributed by atoms with Crippen molar-refractivity contribution >= 4 is 0 Å². The van der Waals surface area contributed by atoms with Crippen molar-refractivity contribution in [3.05, 3.63) is 17.2 Å². The van der Waals surface area contributed by atoms with E-state index in [0.717, 1.165) is 18.3 Å². The van der Waals surface area contributed by atoms with Crippen LogP contribution in [0.3, 0.4) is 0 Å². The number of hydrogen-bond donors (Lipinski definition) is 2. The van der Waals surface area contributed by atoms with E-state index < -0.39 is 0 Å². The van der Waals surface area contributed by atoms with E-state index in [0.29, 0.717) is 0 Å². The van der Waals surface area contributed by atoms with E-state index in [1.54, 1.807) is 0 Å². The molecule has 0 aromatic carbocycles. The number of rotatable bonds is 3. The summed E-state index contributed by atoms with van der Waals surface area (Å²) in [5.74, 6) is 2.78. The summed E-state index contributed by atoms with van der Waals surface area (Å²) in [6, 6.07) is 0. The summed E-state index contributed by atoms with van der Waals surface area (Å²) in [6.07, 6.45) is 5.12. The molecule has 1 atom stereocenters. The van der Waals surface area contributed by atoms with Crippen LogP contribution in [0.25, 0.3) is 0 Å². The first kappa shape index (κ1) is 9.40. The van der Waals surface area contributed by atoms with Crippen molar-refractivity contribution in [3.63, 3.8) is 0 Å². The van der Waals surface area contributed by atoms with Gasteiger partial charge in [-0.05, 0) is 45.2 Å². The summed E-state index contributed by atoms with van der Waals surface area (Å²) in [7, 11) is 0. The Labute approximate surface area is 90.7 Å². The van der Waals surface area contributed by atoms with Crippen molar-refractivity contribution in [1.29, 1.82) is 0 Å². The highest BCUT2D eigenvalue weighted by Gasteiger charge is 2.28. The molecule has 2 aliphatic rings. The summed E-state index contributed by atoms with van der Waals surface area (Å²) in [4.78, 5) is 8.21. The van der Waals surface area contributed by atoms with Crippen molar-refractivity contribution in [2.24, 2.45) is 5.92 Å². The minimum atomic E-state index is 0.775. The number of nitrogens with one attached hydrogen (secondary N) is 2. The van der Waals surface area contributed by atoms with Gasteiger partial charge in [-0.15, -0.1) is 0 Å². The molecule has 2 fully saturated rings. The average Bonchev–Trinajstić information content (AvgIpc) is 2.81. The Morgan fingerprint density at radius 1 is 1.33 bits per heavy atom. The highest BCUT2D eigenvalue weighted by atomic mass is 15.0. The second kappa shape index (κ2) is 3.63. The summed E-state index contributed by atoms with van der Waals surface area (Å²) in [6.45, 7) is 4.51. The van der Waals surface area contributed by atoms with Crippen LogP contribution in [-0.4, -0.2) is 23.1 Å². The number of aryl methyl sites for hydroxylation is 1. The largest absolute Gasteiger partial charge is 0.346 e. The summed E-state index contributed by atoms with van der Waals surface area (Å²) in [5, 5.41) is 3.41. The number of nitrogens with zero attached hydrogens (tertiary/aromatic N) is 1. The number of hydrogen-bond acceptors (Lipinski definition) is 2. The third-order valence-electron chi connectivity index (χ3n) is 3.58. The molecule has 1 saturated heterocycles. The zero-order valence-corrected chi connectivity index (χ0v) is 9.34. The molecule has 0 spiro atoms. The zero-order chi connectivity index (χ0) is 10.3. The van der Waals surface area contributed by atoms with Gasteiger partial charge in [0, 0.05) is 18.0 Å². The van der Waals surface area contributed by atoms with Crippen LogP contribution in [0.5, 0.6) is 0 Å². The summed E-state index contributed by atoms with van der Waals surface area (Å²) < 4.78 is 0. The molecule has 0 bridgehead atoms. The predicted molar refractivity (Wildman–Crippen MR) is 60.0 cm³/mol. The third-order valence-corrected chi connectivity index (χ3v) is 3.58. The molecular formula is C12H19N3. The maximum atomic E-state index is 4.75. The fraction of sp³-hybridized carbons (Fsp3) is 0.750. The maximum absolute atomic E-state index is 4.75. The van der Waals surface area contributed by atoms with Gasteiger partial charge < -0.3 is 10.3 Å². The molecule has 0 radical (unpaired) electrons. The van der Waals surface area contributed by atoms with E-state index >= 15 is 0 Å². The monoisotopic (exact) mass is 205 g/mol. The molecule has 2 heterocycles. The van der Waals surface area contributed by atoms with Crippen LogP contribution < -0.4 is 5.32 Å². The van der Waals surface area contributed by atoms with Crippen LogP contribution in [0.1, 0.15) is 42.4 Å². The lowest BCUT2D eigenvalue weighted by Gasteiger charge is -2.04. The van der Waals surface area contributed by atoms with Gasteiger partial charge in [0.15, 0.2) is 0 Å². The number of H-pyrrole nitrogens is 1. The highest BCUT2D eigenvalue weighted by Crippen LogP contribution is 2.40. The lowest BCUT2D eigenvalue weighted by atomic mass is 10.1. The van der Waals surface area contributed by atoms with Crippen molar-refractivity contribution < 1.29 is 0 Å². The van der Waals surface area contributed by atoms with Gasteiger partial charge in [-0.3, -0.25) is 0 Å². The minimum Gasteiger partial charge on any atom is -0.346 e. The first-order valence-electron chi connectivity index (χ1n) is 6.09. The summed E-state index contributed by atoms with van der Waals surface area (Å²) in [5.41, 5.74) is 2.65. The lowest BCUT2D eigenvalue weighted by Crippen LogP contribution is -2.11. The van der Waals surface area contributed by atoms with Crippen LogP contribution in [-0.2, 0) is 6.42 Å². The normalized spacial score (nSPS) is 26.1. The third kappa shape index (κ3) is 1.93. The summed E-state index contributed by atoms with van der Waals surface area (Å²) >= 11 is 0. The quantitative estimate of drug-likeness (QED) is 0.789. The molecular weight excluding hydrogens is 186 g/mol. The molecule has 15 heavy (non-hydrogen) atoms. The van der Waals surface area contributed by atoms with Crippen LogP contribution >= 0.6 is 0 Å². The zero-order valence-electron chi connectivity index (χ0n) is 9.34. The second-order valence-corrected chi connectivity index (χ2v) is 5.03. The fourth-order valence-corrected chi connectivity index (χ4v) is 2.55. The van der Waals surface area contributed by atoms with E-state index in [9.17, 15) is 0 Å². The Kier molecular flexibility index (Phi) is 2.28. The van der Waals surface area contributed by atoms with E-state index in [-0.39, 0.29) is 0 Å². The SMILES string of the molecule is Cc1[nH]c(CC2CCNC2)nc1C1CC1. The van der Waals surface area contributed by atoms with Crippen LogP contribution in [0.15, 0.2) is 0 Å².